The van der Waals surface area contributed by atoms with Gasteiger partial charge in [-0.25, -0.2) is 4.98 Å². The average Bonchev–Trinajstić information content (AvgIpc) is 3.03. The summed E-state index contributed by atoms with van der Waals surface area (Å²) in [6.45, 7) is 1.58. The molecule has 6 heteroatoms. The Labute approximate surface area is 130 Å². The molecular weight excluding hydrogens is 278 g/mol. The molecule has 0 aliphatic heterocycles. The van der Waals surface area contributed by atoms with Gasteiger partial charge in [-0.1, -0.05) is 6.42 Å². The van der Waals surface area contributed by atoms with Gasteiger partial charge in [0, 0.05) is 25.2 Å². The molecule has 0 amide bonds. The van der Waals surface area contributed by atoms with Crippen LogP contribution in [-0.2, 0) is 4.79 Å². The molecule has 1 fully saturated rings. The van der Waals surface area contributed by atoms with Gasteiger partial charge in [-0.05, 0) is 25.0 Å². The van der Waals surface area contributed by atoms with Gasteiger partial charge in [-0.15, -0.1) is 0 Å². The van der Waals surface area contributed by atoms with Crippen LogP contribution >= 0.6 is 0 Å². The highest BCUT2D eigenvalue weighted by molar-refractivity contribution is 5.83. The third-order valence-corrected chi connectivity index (χ3v) is 3.90. The number of nitriles is 2. The summed E-state index contributed by atoms with van der Waals surface area (Å²) in [5, 5.41) is 23.9. The molecule has 2 rings (SSSR count). The van der Waals surface area contributed by atoms with Crippen molar-refractivity contribution in [1.29, 1.82) is 10.5 Å². The maximum Gasteiger partial charge on any atom is 0.150 e. The van der Waals surface area contributed by atoms with Gasteiger partial charge in [0.1, 0.15) is 11.9 Å². The predicted octanol–water partition coefficient (Wildman–Crippen LogP) is 1.46. The SMILES string of the molecule is N#Cc1ccc(NCCNCC(=O)C2CCC[C@H]2C#N)nc1. The maximum absolute atomic E-state index is 12.0. The molecule has 1 aliphatic rings. The third-order valence-electron chi connectivity index (χ3n) is 3.90. The van der Waals surface area contributed by atoms with E-state index in [-0.39, 0.29) is 17.6 Å². The molecular formula is C16H19N5O. The van der Waals surface area contributed by atoms with Crippen molar-refractivity contribution in [3.05, 3.63) is 23.9 Å². The summed E-state index contributed by atoms with van der Waals surface area (Å²) in [4.78, 5) is 16.1. The Morgan fingerprint density at radius 2 is 2.18 bits per heavy atom. The van der Waals surface area contributed by atoms with E-state index in [9.17, 15) is 4.79 Å². The zero-order chi connectivity index (χ0) is 15.8. The van der Waals surface area contributed by atoms with Crippen LogP contribution in [0.4, 0.5) is 5.82 Å². The molecule has 0 saturated heterocycles. The number of carbonyl (C=O) groups is 1. The van der Waals surface area contributed by atoms with Gasteiger partial charge >= 0.3 is 0 Å². The summed E-state index contributed by atoms with van der Waals surface area (Å²) in [6.07, 6.45) is 4.17. The zero-order valence-corrected chi connectivity index (χ0v) is 12.4. The molecule has 0 aromatic carbocycles. The Morgan fingerprint density at radius 1 is 1.32 bits per heavy atom. The molecule has 1 aromatic rings. The molecule has 1 aromatic heterocycles. The van der Waals surface area contributed by atoms with Crippen molar-refractivity contribution in [2.24, 2.45) is 11.8 Å². The van der Waals surface area contributed by atoms with Crippen molar-refractivity contribution in [3.8, 4) is 12.1 Å². The maximum atomic E-state index is 12.0. The first-order valence-electron chi connectivity index (χ1n) is 7.47. The summed E-state index contributed by atoms with van der Waals surface area (Å²) in [5.74, 6) is 0.647. The molecule has 2 N–H and O–H groups in total. The Hall–Kier alpha value is -2.44. The molecule has 6 nitrogen and oxygen atoms in total. The Kier molecular flexibility index (Phi) is 5.88. The Bertz CT molecular complexity index is 584. The fraction of sp³-hybridized carbons (Fsp3) is 0.500. The number of carbonyl (C=O) groups excluding carboxylic acids is 1. The number of nitrogens with zero attached hydrogens (tertiary/aromatic N) is 3. The molecule has 2 atom stereocenters. The highest BCUT2D eigenvalue weighted by atomic mass is 16.1. The van der Waals surface area contributed by atoms with Gasteiger partial charge in [0.25, 0.3) is 0 Å². The molecule has 0 radical (unpaired) electrons. The predicted molar refractivity (Wildman–Crippen MR) is 81.8 cm³/mol. The summed E-state index contributed by atoms with van der Waals surface area (Å²) in [6, 6.07) is 7.70. The van der Waals surface area contributed by atoms with Crippen molar-refractivity contribution in [3.63, 3.8) is 0 Å². The van der Waals surface area contributed by atoms with Crippen LogP contribution in [0, 0.1) is 34.5 Å². The highest BCUT2D eigenvalue weighted by Crippen LogP contribution is 2.31. The molecule has 0 spiro atoms. The molecule has 114 valence electrons. The first kappa shape index (κ1) is 15.9. The number of nitrogens with one attached hydrogen (secondary N) is 2. The number of Topliss-reactive ketones (excluding diaryl/α,β-unsaturated/α-hetero) is 1. The van der Waals surface area contributed by atoms with Crippen LogP contribution in [0.15, 0.2) is 18.3 Å². The highest BCUT2D eigenvalue weighted by Gasteiger charge is 2.32. The van der Waals surface area contributed by atoms with E-state index >= 15 is 0 Å². The lowest BCUT2D eigenvalue weighted by Gasteiger charge is -2.12. The molecule has 22 heavy (non-hydrogen) atoms. The number of rotatable bonds is 7. The van der Waals surface area contributed by atoms with Crippen molar-refractivity contribution < 1.29 is 4.79 Å². The number of anilines is 1. The zero-order valence-electron chi connectivity index (χ0n) is 12.4. The number of pyridine rings is 1. The minimum absolute atomic E-state index is 0.0920. The lowest BCUT2D eigenvalue weighted by atomic mass is 9.93. The monoisotopic (exact) mass is 297 g/mol. The van der Waals surface area contributed by atoms with Crippen molar-refractivity contribution in [2.75, 3.05) is 25.0 Å². The summed E-state index contributed by atoms with van der Waals surface area (Å²) < 4.78 is 0. The van der Waals surface area contributed by atoms with E-state index in [0.717, 1.165) is 19.3 Å². The molecule has 1 aliphatic carbocycles. The number of aromatic nitrogens is 1. The topological polar surface area (TPSA) is 102 Å². The second kappa shape index (κ2) is 8.11. The van der Waals surface area contributed by atoms with E-state index in [4.69, 9.17) is 10.5 Å². The molecule has 1 heterocycles. The van der Waals surface area contributed by atoms with Crippen LogP contribution in [0.1, 0.15) is 24.8 Å². The molecule has 0 bridgehead atoms. The van der Waals surface area contributed by atoms with Gasteiger partial charge in [0.2, 0.25) is 0 Å². The van der Waals surface area contributed by atoms with Crippen molar-refractivity contribution in [1.82, 2.24) is 10.3 Å². The van der Waals surface area contributed by atoms with Gasteiger partial charge in [-0.2, -0.15) is 10.5 Å². The van der Waals surface area contributed by atoms with Gasteiger partial charge in [-0.3, -0.25) is 4.79 Å². The van der Waals surface area contributed by atoms with Crippen molar-refractivity contribution in [2.45, 2.75) is 19.3 Å². The first-order chi connectivity index (χ1) is 10.7. The second-order valence-corrected chi connectivity index (χ2v) is 5.39. The quantitative estimate of drug-likeness (QED) is 0.739. The summed E-state index contributed by atoms with van der Waals surface area (Å²) >= 11 is 0. The standard InChI is InChI=1S/C16H19N5O/c17-8-12-4-5-16(21-10-12)20-7-6-19-11-15(22)14-3-1-2-13(14)9-18/h4-5,10,13-14,19H,1-3,6-7,11H2,(H,20,21)/t13-,14?/m0/s1. The average molecular weight is 297 g/mol. The van der Waals surface area contributed by atoms with Crippen molar-refractivity contribution >= 4 is 11.6 Å². The van der Waals surface area contributed by atoms with Crippen LogP contribution < -0.4 is 10.6 Å². The van der Waals surface area contributed by atoms with Gasteiger partial charge < -0.3 is 10.6 Å². The van der Waals surface area contributed by atoms with E-state index in [1.54, 1.807) is 12.1 Å². The third kappa shape index (κ3) is 4.28. The number of ketones is 1. The van der Waals surface area contributed by atoms with Crippen LogP contribution in [0.2, 0.25) is 0 Å². The molecule has 1 unspecified atom stereocenters. The number of hydrogen-bond acceptors (Lipinski definition) is 6. The van der Waals surface area contributed by atoms with Crippen LogP contribution in [-0.4, -0.2) is 30.4 Å². The second-order valence-electron chi connectivity index (χ2n) is 5.39. The van der Waals surface area contributed by atoms with E-state index in [2.05, 4.69) is 21.7 Å². The van der Waals surface area contributed by atoms with E-state index < -0.39 is 0 Å². The van der Waals surface area contributed by atoms with Gasteiger partial charge in [0.05, 0.1) is 24.1 Å². The molecule has 1 saturated carbocycles. The smallest absolute Gasteiger partial charge is 0.150 e. The van der Waals surface area contributed by atoms with E-state index in [1.807, 2.05) is 6.07 Å². The van der Waals surface area contributed by atoms with Crippen LogP contribution in [0.5, 0.6) is 0 Å². The van der Waals surface area contributed by atoms with Gasteiger partial charge in [0.15, 0.2) is 5.78 Å². The Morgan fingerprint density at radius 3 is 2.86 bits per heavy atom. The lowest BCUT2D eigenvalue weighted by Crippen LogP contribution is -2.32. The van der Waals surface area contributed by atoms with Crippen LogP contribution in [0.25, 0.3) is 0 Å². The summed E-state index contributed by atoms with van der Waals surface area (Å²) in [7, 11) is 0. The Balaban J connectivity index is 1.64. The largest absolute Gasteiger partial charge is 0.369 e. The lowest BCUT2D eigenvalue weighted by molar-refractivity contribution is -0.122. The van der Waals surface area contributed by atoms with E-state index in [0.29, 0.717) is 31.0 Å². The fourth-order valence-corrected chi connectivity index (χ4v) is 2.69. The van der Waals surface area contributed by atoms with Crippen LogP contribution in [0.3, 0.4) is 0 Å². The first-order valence-corrected chi connectivity index (χ1v) is 7.47. The fourth-order valence-electron chi connectivity index (χ4n) is 2.69. The number of hydrogen-bond donors (Lipinski definition) is 2. The normalized spacial score (nSPS) is 20.1. The minimum atomic E-state index is -0.102. The summed E-state index contributed by atoms with van der Waals surface area (Å²) in [5.41, 5.74) is 0.526. The van der Waals surface area contributed by atoms with E-state index in [1.165, 1.54) is 6.20 Å². The minimum Gasteiger partial charge on any atom is -0.369 e.